The van der Waals surface area contributed by atoms with Crippen LogP contribution in [0.15, 0.2) is 0 Å². The number of hydrogen-bond acceptors (Lipinski definition) is 2. The van der Waals surface area contributed by atoms with Gasteiger partial charge in [-0.1, -0.05) is 27.7 Å². The van der Waals surface area contributed by atoms with Crippen molar-refractivity contribution in [3.63, 3.8) is 0 Å². The third-order valence-electron chi connectivity index (χ3n) is 3.59. The van der Waals surface area contributed by atoms with Crippen molar-refractivity contribution in [2.45, 2.75) is 27.7 Å². The van der Waals surface area contributed by atoms with Crippen LogP contribution in [0.25, 0.3) is 0 Å². The van der Waals surface area contributed by atoms with Gasteiger partial charge in [0.15, 0.2) is 0 Å². The van der Waals surface area contributed by atoms with Crippen molar-refractivity contribution in [2.24, 2.45) is 23.7 Å². The first-order chi connectivity index (χ1) is 7.02. The van der Waals surface area contributed by atoms with E-state index >= 15 is 0 Å². The van der Waals surface area contributed by atoms with E-state index in [2.05, 4.69) is 38.3 Å². The zero-order chi connectivity index (χ0) is 11.4. The van der Waals surface area contributed by atoms with Gasteiger partial charge in [0.05, 0.1) is 5.92 Å². The number of nitrogens with one attached hydrogen (secondary N) is 2. The van der Waals surface area contributed by atoms with Gasteiger partial charge in [-0.25, -0.2) is 0 Å². The lowest BCUT2D eigenvalue weighted by atomic mass is 9.95. The molecule has 1 fully saturated rings. The molecule has 0 radical (unpaired) electrons. The minimum atomic E-state index is 0.171. The van der Waals surface area contributed by atoms with Crippen molar-refractivity contribution in [1.29, 1.82) is 0 Å². The third kappa shape index (κ3) is 3.49. The van der Waals surface area contributed by atoms with Crippen molar-refractivity contribution in [3.8, 4) is 0 Å². The lowest BCUT2D eigenvalue weighted by molar-refractivity contribution is -0.125. The van der Waals surface area contributed by atoms with Crippen LogP contribution in [0.2, 0.25) is 0 Å². The summed E-state index contributed by atoms with van der Waals surface area (Å²) in [6, 6.07) is 0. The first-order valence-electron chi connectivity index (χ1n) is 6.00. The van der Waals surface area contributed by atoms with E-state index in [9.17, 15) is 4.79 Å². The van der Waals surface area contributed by atoms with Gasteiger partial charge < -0.3 is 10.6 Å². The van der Waals surface area contributed by atoms with E-state index in [0.29, 0.717) is 17.8 Å². The molecule has 1 rings (SSSR count). The molecule has 0 spiro atoms. The van der Waals surface area contributed by atoms with Gasteiger partial charge >= 0.3 is 0 Å². The summed E-state index contributed by atoms with van der Waals surface area (Å²) < 4.78 is 0. The molecule has 88 valence electrons. The fourth-order valence-corrected chi connectivity index (χ4v) is 1.79. The molecule has 0 bridgehead atoms. The van der Waals surface area contributed by atoms with Crippen molar-refractivity contribution in [1.82, 2.24) is 10.6 Å². The van der Waals surface area contributed by atoms with Crippen LogP contribution in [-0.2, 0) is 4.79 Å². The van der Waals surface area contributed by atoms with Crippen LogP contribution in [-0.4, -0.2) is 25.5 Å². The van der Waals surface area contributed by atoms with Gasteiger partial charge in [0.1, 0.15) is 0 Å². The highest BCUT2D eigenvalue weighted by atomic mass is 16.1. The van der Waals surface area contributed by atoms with Crippen LogP contribution in [0.1, 0.15) is 27.7 Å². The predicted octanol–water partition coefficient (Wildman–Crippen LogP) is 1.25. The summed E-state index contributed by atoms with van der Waals surface area (Å²) in [4.78, 5) is 11.8. The van der Waals surface area contributed by atoms with Crippen LogP contribution in [0, 0.1) is 23.7 Å². The lowest BCUT2D eigenvalue weighted by Crippen LogP contribution is -2.37. The largest absolute Gasteiger partial charge is 0.356 e. The number of rotatable bonds is 4. The molecule has 0 aliphatic carbocycles. The smallest absolute Gasteiger partial charge is 0.224 e. The summed E-state index contributed by atoms with van der Waals surface area (Å²) in [5.41, 5.74) is 0. The number of carbonyl (C=O) groups is 1. The first kappa shape index (κ1) is 12.5. The Morgan fingerprint density at radius 2 is 2.07 bits per heavy atom. The summed E-state index contributed by atoms with van der Waals surface area (Å²) in [7, 11) is 0. The third-order valence-corrected chi connectivity index (χ3v) is 3.59. The van der Waals surface area contributed by atoms with Crippen molar-refractivity contribution < 1.29 is 4.79 Å². The Kier molecular flexibility index (Phi) is 4.58. The standard InChI is InChI=1S/C12H24N2O/c1-8(2)9(3)6-14-12(15)11-7-13-5-10(11)4/h8-11,13H,5-7H2,1-4H3,(H,14,15)/t9?,10-,11-/m1/s1. The SMILES string of the molecule is CC(C)C(C)CNC(=O)[C@@H]1CNC[C@H]1C. The van der Waals surface area contributed by atoms with Crippen LogP contribution in [0.5, 0.6) is 0 Å². The molecule has 1 unspecified atom stereocenters. The highest BCUT2D eigenvalue weighted by Crippen LogP contribution is 2.16. The minimum absolute atomic E-state index is 0.171. The fraction of sp³-hybridized carbons (Fsp3) is 0.917. The lowest BCUT2D eigenvalue weighted by Gasteiger charge is -2.19. The Hall–Kier alpha value is -0.570. The Labute approximate surface area is 93.0 Å². The van der Waals surface area contributed by atoms with Crippen molar-refractivity contribution >= 4 is 5.91 Å². The molecule has 15 heavy (non-hydrogen) atoms. The van der Waals surface area contributed by atoms with E-state index in [1.165, 1.54) is 0 Å². The Morgan fingerprint density at radius 3 is 2.53 bits per heavy atom. The van der Waals surface area contributed by atoms with E-state index in [0.717, 1.165) is 19.6 Å². The van der Waals surface area contributed by atoms with Gasteiger partial charge in [0.25, 0.3) is 0 Å². The number of carbonyl (C=O) groups excluding carboxylic acids is 1. The maximum atomic E-state index is 11.8. The van der Waals surface area contributed by atoms with Crippen molar-refractivity contribution in [2.75, 3.05) is 19.6 Å². The maximum absolute atomic E-state index is 11.8. The number of amides is 1. The monoisotopic (exact) mass is 212 g/mol. The van der Waals surface area contributed by atoms with Crippen LogP contribution in [0.4, 0.5) is 0 Å². The summed E-state index contributed by atoms with van der Waals surface area (Å²) >= 11 is 0. The highest BCUT2D eigenvalue weighted by Gasteiger charge is 2.29. The molecule has 0 aromatic heterocycles. The summed E-state index contributed by atoms with van der Waals surface area (Å²) in [5.74, 6) is 2.05. The second-order valence-electron chi connectivity index (χ2n) is 5.21. The van der Waals surface area contributed by atoms with Gasteiger partial charge in [-0.15, -0.1) is 0 Å². The van der Waals surface area contributed by atoms with Crippen LogP contribution < -0.4 is 10.6 Å². The normalized spacial score (nSPS) is 28.1. The molecule has 0 saturated carbocycles. The molecule has 3 heteroatoms. The average Bonchev–Trinajstić information content (AvgIpc) is 2.60. The Bertz CT molecular complexity index is 216. The van der Waals surface area contributed by atoms with Gasteiger partial charge in [-0.2, -0.15) is 0 Å². The molecule has 2 N–H and O–H groups in total. The highest BCUT2D eigenvalue weighted by molar-refractivity contribution is 5.79. The Morgan fingerprint density at radius 1 is 1.40 bits per heavy atom. The summed E-state index contributed by atoms with van der Waals surface area (Å²) in [6.45, 7) is 11.3. The topological polar surface area (TPSA) is 41.1 Å². The van der Waals surface area contributed by atoms with E-state index in [4.69, 9.17) is 0 Å². The predicted molar refractivity (Wildman–Crippen MR) is 62.5 cm³/mol. The van der Waals surface area contributed by atoms with E-state index in [1.54, 1.807) is 0 Å². The summed E-state index contributed by atoms with van der Waals surface area (Å²) in [6.07, 6.45) is 0. The van der Waals surface area contributed by atoms with Crippen LogP contribution >= 0.6 is 0 Å². The average molecular weight is 212 g/mol. The van der Waals surface area contributed by atoms with Gasteiger partial charge in [-0.05, 0) is 24.3 Å². The first-order valence-corrected chi connectivity index (χ1v) is 6.00. The Balaban J connectivity index is 2.29. The molecule has 3 nitrogen and oxygen atoms in total. The molecule has 0 aromatic rings. The number of hydrogen-bond donors (Lipinski definition) is 2. The molecule has 1 saturated heterocycles. The van der Waals surface area contributed by atoms with Gasteiger partial charge in [-0.3, -0.25) is 4.79 Å². The fourth-order valence-electron chi connectivity index (χ4n) is 1.79. The molecule has 1 aliphatic heterocycles. The molecule has 0 aromatic carbocycles. The molecule has 3 atom stereocenters. The minimum Gasteiger partial charge on any atom is -0.356 e. The molecular weight excluding hydrogens is 188 g/mol. The maximum Gasteiger partial charge on any atom is 0.224 e. The van der Waals surface area contributed by atoms with Crippen molar-refractivity contribution in [3.05, 3.63) is 0 Å². The van der Waals surface area contributed by atoms with E-state index in [-0.39, 0.29) is 11.8 Å². The van der Waals surface area contributed by atoms with Crippen LogP contribution in [0.3, 0.4) is 0 Å². The quantitative estimate of drug-likeness (QED) is 0.736. The molecule has 1 aliphatic rings. The van der Waals surface area contributed by atoms with E-state index < -0.39 is 0 Å². The van der Waals surface area contributed by atoms with Gasteiger partial charge in [0, 0.05) is 13.1 Å². The molecular formula is C12H24N2O. The van der Waals surface area contributed by atoms with Gasteiger partial charge in [0.2, 0.25) is 5.91 Å². The second-order valence-corrected chi connectivity index (χ2v) is 5.21. The summed E-state index contributed by atoms with van der Waals surface area (Å²) in [5, 5.41) is 6.31. The zero-order valence-electron chi connectivity index (χ0n) is 10.3. The zero-order valence-corrected chi connectivity index (χ0v) is 10.3. The second kappa shape index (κ2) is 5.50. The molecule has 1 heterocycles. The van der Waals surface area contributed by atoms with E-state index in [1.807, 2.05) is 0 Å². The molecule has 1 amide bonds.